The second kappa shape index (κ2) is 6.42. The Bertz CT molecular complexity index is 194. The van der Waals surface area contributed by atoms with Crippen LogP contribution in [-0.2, 0) is 0 Å². The molecule has 0 bridgehead atoms. The van der Waals surface area contributed by atoms with E-state index in [1.165, 1.54) is 11.9 Å². The van der Waals surface area contributed by atoms with Crippen LogP contribution in [0.5, 0.6) is 0 Å². The van der Waals surface area contributed by atoms with Crippen molar-refractivity contribution >= 4 is 0 Å². The maximum absolute atomic E-state index is 12.8. The van der Waals surface area contributed by atoms with Gasteiger partial charge >= 0.3 is 6.18 Å². The van der Waals surface area contributed by atoms with Crippen molar-refractivity contribution in [3.63, 3.8) is 0 Å². The van der Waals surface area contributed by atoms with E-state index < -0.39 is 18.3 Å². The van der Waals surface area contributed by atoms with Crippen LogP contribution >= 0.6 is 0 Å². The normalized spacial score (nSPS) is 16.9. The van der Waals surface area contributed by atoms with Crippen LogP contribution in [-0.4, -0.2) is 62.3 Å². The number of halogens is 3. The molecule has 3 nitrogen and oxygen atoms in total. The van der Waals surface area contributed by atoms with Gasteiger partial charge in [0.2, 0.25) is 0 Å². The molecule has 0 fully saturated rings. The SMILES string of the molecule is CCC(N)C(N(C)CCN(C)C)C(F)(F)F. The summed E-state index contributed by atoms with van der Waals surface area (Å²) >= 11 is 0. The van der Waals surface area contributed by atoms with E-state index in [1.54, 1.807) is 6.92 Å². The standard InChI is InChI=1S/C10H22F3N3/c1-5-8(14)9(10(11,12)13)16(4)7-6-15(2)3/h8-9H,5-7,14H2,1-4H3. The van der Waals surface area contributed by atoms with Gasteiger partial charge in [-0.25, -0.2) is 0 Å². The molecule has 0 saturated carbocycles. The monoisotopic (exact) mass is 241 g/mol. The van der Waals surface area contributed by atoms with Crippen LogP contribution in [0.4, 0.5) is 13.2 Å². The summed E-state index contributed by atoms with van der Waals surface area (Å²) in [4.78, 5) is 3.13. The minimum Gasteiger partial charge on any atom is -0.326 e. The summed E-state index contributed by atoms with van der Waals surface area (Å²) in [6, 6.07) is -2.43. The van der Waals surface area contributed by atoms with Gasteiger partial charge < -0.3 is 10.6 Å². The first-order valence-corrected chi connectivity index (χ1v) is 5.37. The third-order valence-electron chi connectivity index (χ3n) is 2.59. The van der Waals surface area contributed by atoms with Gasteiger partial charge in [0.25, 0.3) is 0 Å². The van der Waals surface area contributed by atoms with Gasteiger partial charge in [-0.15, -0.1) is 0 Å². The number of rotatable bonds is 6. The highest BCUT2D eigenvalue weighted by molar-refractivity contribution is 4.86. The predicted molar refractivity (Wildman–Crippen MR) is 59.3 cm³/mol. The summed E-state index contributed by atoms with van der Waals surface area (Å²) in [7, 11) is 5.13. The molecule has 0 radical (unpaired) electrons. The second-order valence-electron chi connectivity index (χ2n) is 4.34. The lowest BCUT2D eigenvalue weighted by Gasteiger charge is -2.34. The molecule has 6 heteroatoms. The van der Waals surface area contributed by atoms with Gasteiger partial charge in [-0.2, -0.15) is 13.2 Å². The van der Waals surface area contributed by atoms with Crippen molar-refractivity contribution in [2.75, 3.05) is 34.2 Å². The molecule has 0 spiro atoms. The van der Waals surface area contributed by atoms with E-state index in [9.17, 15) is 13.2 Å². The molecule has 0 aliphatic rings. The number of hydrogen-bond acceptors (Lipinski definition) is 3. The highest BCUT2D eigenvalue weighted by atomic mass is 19.4. The fraction of sp³-hybridized carbons (Fsp3) is 1.00. The highest BCUT2D eigenvalue weighted by Gasteiger charge is 2.45. The van der Waals surface area contributed by atoms with Gasteiger partial charge in [0.05, 0.1) is 0 Å². The Morgan fingerprint density at radius 2 is 1.62 bits per heavy atom. The number of hydrogen-bond donors (Lipinski definition) is 1. The fourth-order valence-corrected chi connectivity index (χ4v) is 1.54. The molecule has 0 amide bonds. The molecular weight excluding hydrogens is 219 g/mol. The topological polar surface area (TPSA) is 32.5 Å². The minimum absolute atomic E-state index is 0.316. The van der Waals surface area contributed by atoms with E-state index in [2.05, 4.69) is 0 Å². The minimum atomic E-state index is -4.27. The Morgan fingerprint density at radius 3 is 1.94 bits per heavy atom. The van der Waals surface area contributed by atoms with E-state index in [1.807, 2.05) is 19.0 Å². The highest BCUT2D eigenvalue weighted by Crippen LogP contribution is 2.26. The third-order valence-corrected chi connectivity index (χ3v) is 2.59. The van der Waals surface area contributed by atoms with Gasteiger partial charge in [-0.05, 0) is 27.6 Å². The second-order valence-corrected chi connectivity index (χ2v) is 4.34. The summed E-state index contributed by atoms with van der Waals surface area (Å²) in [5.41, 5.74) is 5.54. The van der Waals surface area contributed by atoms with Crippen molar-refractivity contribution in [3.05, 3.63) is 0 Å². The van der Waals surface area contributed by atoms with Gasteiger partial charge in [0, 0.05) is 19.1 Å². The van der Waals surface area contributed by atoms with Crippen LogP contribution in [0.15, 0.2) is 0 Å². The van der Waals surface area contributed by atoms with Crippen molar-refractivity contribution in [1.29, 1.82) is 0 Å². The van der Waals surface area contributed by atoms with Crippen LogP contribution in [0.25, 0.3) is 0 Å². The molecule has 0 rings (SSSR count). The van der Waals surface area contributed by atoms with Crippen LogP contribution < -0.4 is 5.73 Å². The average Bonchev–Trinajstić information content (AvgIpc) is 2.12. The fourth-order valence-electron chi connectivity index (χ4n) is 1.54. The van der Waals surface area contributed by atoms with E-state index >= 15 is 0 Å². The first-order valence-electron chi connectivity index (χ1n) is 5.37. The molecule has 0 aliphatic carbocycles. The zero-order valence-corrected chi connectivity index (χ0v) is 10.4. The van der Waals surface area contributed by atoms with Crippen molar-refractivity contribution < 1.29 is 13.2 Å². The molecule has 2 atom stereocenters. The van der Waals surface area contributed by atoms with E-state index in [0.717, 1.165) is 0 Å². The molecule has 98 valence electrons. The third kappa shape index (κ3) is 5.14. The largest absolute Gasteiger partial charge is 0.405 e. The zero-order valence-electron chi connectivity index (χ0n) is 10.4. The van der Waals surface area contributed by atoms with Crippen molar-refractivity contribution in [2.24, 2.45) is 5.73 Å². The van der Waals surface area contributed by atoms with Crippen LogP contribution in [0, 0.1) is 0 Å². The van der Waals surface area contributed by atoms with Crippen molar-refractivity contribution in [3.8, 4) is 0 Å². The van der Waals surface area contributed by atoms with E-state index in [0.29, 0.717) is 19.5 Å². The van der Waals surface area contributed by atoms with Crippen molar-refractivity contribution in [2.45, 2.75) is 31.6 Å². The molecule has 0 aromatic carbocycles. The molecule has 0 heterocycles. The maximum atomic E-state index is 12.8. The van der Waals surface area contributed by atoms with E-state index in [-0.39, 0.29) is 0 Å². The molecule has 0 aromatic rings. The molecule has 0 aromatic heterocycles. The molecule has 2 N–H and O–H groups in total. The number of alkyl halides is 3. The first kappa shape index (κ1) is 15.7. The number of likely N-dealkylation sites (N-methyl/N-ethyl adjacent to an activating group) is 2. The average molecular weight is 241 g/mol. The lowest BCUT2D eigenvalue weighted by atomic mass is 10.0. The molecule has 0 saturated heterocycles. The molecule has 16 heavy (non-hydrogen) atoms. The van der Waals surface area contributed by atoms with Crippen molar-refractivity contribution in [1.82, 2.24) is 9.80 Å². The Morgan fingerprint density at radius 1 is 1.12 bits per heavy atom. The quantitative estimate of drug-likeness (QED) is 0.757. The Balaban J connectivity index is 4.51. The molecular formula is C10H22F3N3. The molecule has 2 unspecified atom stereocenters. The Kier molecular flexibility index (Phi) is 6.28. The maximum Gasteiger partial charge on any atom is 0.405 e. The van der Waals surface area contributed by atoms with Gasteiger partial charge in [0.15, 0.2) is 0 Å². The summed E-state index contributed by atoms with van der Waals surface area (Å²) in [5.74, 6) is 0. The lowest BCUT2D eigenvalue weighted by Crippen LogP contribution is -2.55. The molecule has 0 aliphatic heterocycles. The summed E-state index contributed by atoms with van der Waals surface area (Å²) in [6.07, 6.45) is -3.95. The lowest BCUT2D eigenvalue weighted by molar-refractivity contribution is -0.186. The van der Waals surface area contributed by atoms with Gasteiger partial charge in [-0.1, -0.05) is 6.92 Å². The summed E-state index contributed by atoms with van der Waals surface area (Å²) in [5, 5.41) is 0. The van der Waals surface area contributed by atoms with E-state index in [4.69, 9.17) is 5.73 Å². The van der Waals surface area contributed by atoms with Gasteiger partial charge in [0.1, 0.15) is 6.04 Å². The van der Waals surface area contributed by atoms with Gasteiger partial charge in [-0.3, -0.25) is 4.90 Å². The summed E-state index contributed by atoms with van der Waals surface area (Å²) < 4.78 is 38.4. The van der Waals surface area contributed by atoms with Crippen LogP contribution in [0.3, 0.4) is 0 Å². The first-order chi connectivity index (χ1) is 7.20. The van der Waals surface area contributed by atoms with Crippen LogP contribution in [0.2, 0.25) is 0 Å². The predicted octanol–water partition coefficient (Wildman–Crippen LogP) is 1.15. The smallest absolute Gasteiger partial charge is 0.326 e. The summed E-state index contributed by atoms with van der Waals surface area (Å²) in [6.45, 7) is 2.60. The van der Waals surface area contributed by atoms with Crippen LogP contribution in [0.1, 0.15) is 13.3 Å². The Hall–Kier alpha value is -0.330. The zero-order chi connectivity index (χ0) is 12.9. The number of nitrogens with zero attached hydrogens (tertiary/aromatic N) is 2. The number of nitrogens with two attached hydrogens (primary N) is 1. The Labute approximate surface area is 95.4 Å².